The molecular formula is C15H23NO2. The highest BCUT2D eigenvalue weighted by Crippen LogP contribution is 2.32. The van der Waals surface area contributed by atoms with Gasteiger partial charge in [-0.1, -0.05) is 25.0 Å². The summed E-state index contributed by atoms with van der Waals surface area (Å²) in [6.07, 6.45) is 5.04. The maximum absolute atomic E-state index is 10.1. The fourth-order valence-electron chi connectivity index (χ4n) is 2.62. The third-order valence-corrected chi connectivity index (χ3v) is 3.80. The molecule has 1 aliphatic rings. The van der Waals surface area contributed by atoms with Crippen molar-refractivity contribution in [1.29, 1.82) is 0 Å². The summed E-state index contributed by atoms with van der Waals surface area (Å²) in [6, 6.07) is 5.68. The van der Waals surface area contributed by atoms with Crippen molar-refractivity contribution in [3.63, 3.8) is 0 Å². The van der Waals surface area contributed by atoms with Crippen LogP contribution in [0.25, 0.3) is 0 Å². The molecule has 0 heterocycles. The van der Waals surface area contributed by atoms with Crippen LogP contribution in [0.15, 0.2) is 18.2 Å². The maximum Gasteiger partial charge on any atom is 0.162 e. The van der Waals surface area contributed by atoms with E-state index in [1.807, 2.05) is 19.1 Å². The smallest absolute Gasteiger partial charge is 0.162 e. The van der Waals surface area contributed by atoms with E-state index >= 15 is 0 Å². The molecule has 1 aromatic carbocycles. The van der Waals surface area contributed by atoms with Crippen molar-refractivity contribution < 1.29 is 9.84 Å². The van der Waals surface area contributed by atoms with Gasteiger partial charge in [-0.15, -0.1) is 0 Å². The largest absolute Gasteiger partial charge is 0.504 e. The number of phenolic OH excluding ortho intramolecular Hbond substituents is 1. The lowest BCUT2D eigenvalue weighted by Gasteiger charge is -2.25. The Kier molecular flexibility index (Phi) is 4.12. The lowest BCUT2D eigenvalue weighted by atomic mass is 10.00. The van der Waals surface area contributed by atoms with Crippen LogP contribution in [0, 0.1) is 0 Å². The van der Waals surface area contributed by atoms with Crippen molar-refractivity contribution in [2.24, 2.45) is 0 Å². The van der Waals surface area contributed by atoms with Gasteiger partial charge in [0.15, 0.2) is 11.5 Å². The Bertz CT molecular complexity index is 397. The summed E-state index contributed by atoms with van der Waals surface area (Å²) in [6.45, 7) is 5.46. The maximum atomic E-state index is 10.1. The zero-order chi connectivity index (χ0) is 13.0. The van der Waals surface area contributed by atoms with Gasteiger partial charge >= 0.3 is 0 Å². The molecule has 0 amide bonds. The molecule has 0 aliphatic heterocycles. The number of hydrogen-bond donors (Lipinski definition) is 2. The first-order valence-electron chi connectivity index (χ1n) is 6.83. The lowest BCUT2D eigenvalue weighted by molar-refractivity contribution is 0.313. The van der Waals surface area contributed by atoms with Gasteiger partial charge in [-0.05, 0) is 32.8 Å². The Morgan fingerprint density at radius 2 is 2.06 bits per heavy atom. The van der Waals surface area contributed by atoms with Crippen LogP contribution < -0.4 is 10.1 Å². The minimum absolute atomic E-state index is 0.230. The fourth-order valence-corrected chi connectivity index (χ4v) is 2.62. The van der Waals surface area contributed by atoms with Crippen molar-refractivity contribution in [2.45, 2.75) is 51.6 Å². The molecule has 0 unspecified atom stereocenters. The van der Waals surface area contributed by atoms with Gasteiger partial charge in [0.1, 0.15) is 0 Å². The first-order valence-corrected chi connectivity index (χ1v) is 6.83. The average molecular weight is 249 g/mol. The van der Waals surface area contributed by atoms with E-state index in [4.69, 9.17) is 4.74 Å². The van der Waals surface area contributed by atoms with Crippen molar-refractivity contribution >= 4 is 0 Å². The number of aromatic hydroxyl groups is 1. The standard InChI is InChI=1S/C15H23NO2/c1-3-18-13-8-6-7-12(14(13)17)11-16-15(2)9-4-5-10-15/h6-8,16-17H,3-5,9-11H2,1-2H3. The molecule has 0 spiro atoms. The van der Waals surface area contributed by atoms with Gasteiger partial charge in [0.05, 0.1) is 6.61 Å². The number of phenols is 1. The Morgan fingerprint density at radius 1 is 1.33 bits per heavy atom. The zero-order valence-electron chi connectivity index (χ0n) is 11.3. The SMILES string of the molecule is CCOc1cccc(CNC2(C)CCCC2)c1O. The van der Waals surface area contributed by atoms with E-state index in [0.717, 1.165) is 5.56 Å². The number of para-hydroxylation sites is 1. The number of rotatable bonds is 5. The van der Waals surface area contributed by atoms with Crippen molar-refractivity contribution in [2.75, 3.05) is 6.61 Å². The van der Waals surface area contributed by atoms with E-state index in [2.05, 4.69) is 12.2 Å². The van der Waals surface area contributed by atoms with E-state index < -0.39 is 0 Å². The quantitative estimate of drug-likeness (QED) is 0.842. The first-order chi connectivity index (χ1) is 8.64. The molecule has 1 aliphatic carbocycles. The van der Waals surface area contributed by atoms with Crippen LogP contribution in [-0.4, -0.2) is 17.3 Å². The van der Waals surface area contributed by atoms with Gasteiger partial charge in [-0.25, -0.2) is 0 Å². The van der Waals surface area contributed by atoms with Crippen LogP contribution in [0.1, 0.15) is 45.1 Å². The summed E-state index contributed by atoms with van der Waals surface area (Å²) >= 11 is 0. The highest BCUT2D eigenvalue weighted by Gasteiger charge is 2.27. The minimum Gasteiger partial charge on any atom is -0.504 e. The van der Waals surface area contributed by atoms with Gasteiger partial charge in [0.2, 0.25) is 0 Å². The topological polar surface area (TPSA) is 41.5 Å². The molecule has 0 atom stereocenters. The summed E-state index contributed by atoms with van der Waals surface area (Å²) in [7, 11) is 0. The van der Waals surface area contributed by atoms with Crippen LogP contribution in [0.3, 0.4) is 0 Å². The summed E-state index contributed by atoms with van der Waals surface area (Å²) in [5, 5.41) is 13.7. The molecule has 0 radical (unpaired) electrons. The minimum atomic E-state index is 0.230. The second kappa shape index (κ2) is 5.61. The van der Waals surface area contributed by atoms with Gasteiger partial charge in [0, 0.05) is 17.6 Å². The van der Waals surface area contributed by atoms with Crippen molar-refractivity contribution in [1.82, 2.24) is 5.32 Å². The molecular weight excluding hydrogens is 226 g/mol. The van der Waals surface area contributed by atoms with Gasteiger partial charge in [-0.3, -0.25) is 0 Å². The van der Waals surface area contributed by atoms with Crippen LogP contribution in [0.2, 0.25) is 0 Å². The van der Waals surface area contributed by atoms with Crippen molar-refractivity contribution in [3.05, 3.63) is 23.8 Å². The van der Waals surface area contributed by atoms with Gasteiger partial charge < -0.3 is 15.2 Å². The third-order valence-electron chi connectivity index (χ3n) is 3.80. The van der Waals surface area contributed by atoms with Gasteiger partial charge in [-0.2, -0.15) is 0 Å². The molecule has 1 aromatic rings. The van der Waals surface area contributed by atoms with Crippen LogP contribution in [-0.2, 0) is 6.54 Å². The van der Waals surface area contributed by atoms with Gasteiger partial charge in [0.25, 0.3) is 0 Å². The van der Waals surface area contributed by atoms with Crippen LogP contribution in [0.4, 0.5) is 0 Å². The molecule has 18 heavy (non-hydrogen) atoms. The predicted octanol–water partition coefficient (Wildman–Crippen LogP) is 3.21. The molecule has 1 fully saturated rings. The molecule has 3 nitrogen and oxygen atoms in total. The molecule has 2 rings (SSSR count). The third kappa shape index (κ3) is 2.96. The Labute approximate surface area is 109 Å². The molecule has 0 saturated heterocycles. The van der Waals surface area contributed by atoms with Crippen molar-refractivity contribution in [3.8, 4) is 11.5 Å². The molecule has 100 valence electrons. The van der Waals surface area contributed by atoms with Crippen LogP contribution in [0.5, 0.6) is 11.5 Å². The molecule has 1 saturated carbocycles. The normalized spacial score (nSPS) is 17.9. The molecule has 3 heteroatoms. The highest BCUT2D eigenvalue weighted by atomic mass is 16.5. The van der Waals surface area contributed by atoms with Crippen LogP contribution >= 0.6 is 0 Å². The Balaban J connectivity index is 2.02. The number of nitrogens with one attached hydrogen (secondary N) is 1. The predicted molar refractivity (Wildman–Crippen MR) is 73.0 cm³/mol. The fraction of sp³-hybridized carbons (Fsp3) is 0.600. The van der Waals surface area contributed by atoms with E-state index in [9.17, 15) is 5.11 Å². The average Bonchev–Trinajstić information content (AvgIpc) is 2.78. The van der Waals surface area contributed by atoms with E-state index in [1.165, 1.54) is 25.7 Å². The Hall–Kier alpha value is -1.22. The second-order valence-corrected chi connectivity index (χ2v) is 5.32. The zero-order valence-corrected chi connectivity index (χ0v) is 11.3. The molecule has 2 N–H and O–H groups in total. The number of hydrogen-bond acceptors (Lipinski definition) is 3. The highest BCUT2D eigenvalue weighted by molar-refractivity contribution is 5.45. The number of ether oxygens (including phenoxy) is 1. The monoisotopic (exact) mass is 249 g/mol. The van der Waals surface area contributed by atoms with E-state index in [-0.39, 0.29) is 11.3 Å². The Morgan fingerprint density at radius 3 is 2.72 bits per heavy atom. The molecule has 0 bridgehead atoms. The lowest BCUT2D eigenvalue weighted by Crippen LogP contribution is -2.38. The van der Waals surface area contributed by atoms with E-state index in [0.29, 0.717) is 18.9 Å². The summed E-state index contributed by atoms with van der Waals surface area (Å²) in [4.78, 5) is 0. The summed E-state index contributed by atoms with van der Waals surface area (Å²) in [5.74, 6) is 0.849. The summed E-state index contributed by atoms with van der Waals surface area (Å²) in [5.41, 5.74) is 1.14. The number of benzene rings is 1. The second-order valence-electron chi connectivity index (χ2n) is 5.32. The first kappa shape index (κ1) is 13.2. The van der Waals surface area contributed by atoms with E-state index in [1.54, 1.807) is 6.07 Å². The summed E-state index contributed by atoms with van der Waals surface area (Å²) < 4.78 is 5.40. The molecule has 0 aromatic heterocycles.